The summed E-state index contributed by atoms with van der Waals surface area (Å²) >= 11 is 3.19. The van der Waals surface area contributed by atoms with Gasteiger partial charge in [0.05, 0.1) is 11.6 Å². The Morgan fingerprint density at radius 3 is 2.52 bits per heavy atom. The molecule has 1 heterocycles. The van der Waals surface area contributed by atoms with E-state index in [1.165, 1.54) is 17.4 Å². The highest BCUT2D eigenvalue weighted by Crippen LogP contribution is 2.19. The first-order valence-corrected chi connectivity index (χ1v) is 7.52. The molecule has 21 heavy (non-hydrogen) atoms. The van der Waals surface area contributed by atoms with Crippen molar-refractivity contribution in [3.8, 4) is 0 Å². The molecule has 0 radical (unpaired) electrons. The first kappa shape index (κ1) is 15.8. The van der Waals surface area contributed by atoms with Gasteiger partial charge >= 0.3 is 0 Å². The van der Waals surface area contributed by atoms with Gasteiger partial charge in [0.1, 0.15) is 6.26 Å². The molecule has 0 aliphatic carbocycles. The van der Waals surface area contributed by atoms with Crippen LogP contribution in [0.3, 0.4) is 0 Å². The van der Waals surface area contributed by atoms with Crippen LogP contribution in [0.15, 0.2) is 45.7 Å². The van der Waals surface area contributed by atoms with E-state index in [9.17, 15) is 4.79 Å². The second kappa shape index (κ2) is 6.91. The Labute approximate surface area is 133 Å². The van der Waals surface area contributed by atoms with E-state index in [-0.39, 0.29) is 11.9 Å². The molecule has 2 rings (SSSR count). The lowest BCUT2D eigenvalue weighted by Crippen LogP contribution is -2.34. The first-order chi connectivity index (χ1) is 9.97. The first-order valence-electron chi connectivity index (χ1n) is 6.72. The number of aryl methyl sites for hydroxylation is 1. The van der Waals surface area contributed by atoms with Crippen LogP contribution < -0.4 is 5.32 Å². The number of nitrogens with one attached hydrogen (secondary N) is 1. The molecular formula is C16H19BrN2O2. The lowest BCUT2D eigenvalue weighted by molar-refractivity contribution is 0.0941. The van der Waals surface area contributed by atoms with Gasteiger partial charge in [0.25, 0.3) is 5.91 Å². The number of carbonyl (C=O) groups is 1. The lowest BCUT2D eigenvalue weighted by atomic mass is 10.0. The van der Waals surface area contributed by atoms with E-state index in [1.54, 1.807) is 6.07 Å². The molecule has 0 spiro atoms. The molecule has 1 aromatic heterocycles. The molecule has 1 unspecified atom stereocenters. The number of likely N-dealkylation sites (N-methyl/N-ethyl adjacent to an activating group) is 1. The fourth-order valence-corrected chi connectivity index (χ4v) is 2.45. The minimum absolute atomic E-state index is 0.130. The number of benzene rings is 1. The predicted octanol–water partition coefficient (Wildman–Crippen LogP) is 3.38. The van der Waals surface area contributed by atoms with Gasteiger partial charge in [0, 0.05) is 12.6 Å². The highest BCUT2D eigenvalue weighted by molar-refractivity contribution is 9.10. The molecule has 0 fully saturated rings. The topological polar surface area (TPSA) is 45.5 Å². The van der Waals surface area contributed by atoms with Gasteiger partial charge in [0.15, 0.2) is 4.67 Å². The predicted molar refractivity (Wildman–Crippen MR) is 86.3 cm³/mol. The van der Waals surface area contributed by atoms with Crippen molar-refractivity contribution in [3.63, 3.8) is 0 Å². The molecule has 2 aromatic rings. The van der Waals surface area contributed by atoms with Crippen LogP contribution in [0.25, 0.3) is 0 Å². The fourth-order valence-electron chi connectivity index (χ4n) is 2.11. The minimum atomic E-state index is -0.136. The van der Waals surface area contributed by atoms with E-state index in [2.05, 4.69) is 57.3 Å². The minimum Gasteiger partial charge on any atom is -0.457 e. The van der Waals surface area contributed by atoms with Crippen LogP contribution in [0.5, 0.6) is 0 Å². The van der Waals surface area contributed by atoms with Crippen LogP contribution in [-0.2, 0) is 0 Å². The molecule has 4 nitrogen and oxygen atoms in total. The molecule has 1 N–H and O–H groups in total. The zero-order chi connectivity index (χ0) is 15.4. The quantitative estimate of drug-likeness (QED) is 0.898. The molecule has 112 valence electrons. The van der Waals surface area contributed by atoms with Crippen molar-refractivity contribution in [2.45, 2.75) is 13.0 Å². The Bertz CT molecular complexity index is 605. The monoisotopic (exact) mass is 350 g/mol. The summed E-state index contributed by atoms with van der Waals surface area (Å²) in [5.41, 5.74) is 2.92. The summed E-state index contributed by atoms with van der Waals surface area (Å²) in [6.07, 6.45) is 1.44. The van der Waals surface area contributed by atoms with Gasteiger partial charge in [-0.25, -0.2) is 0 Å². The van der Waals surface area contributed by atoms with Crippen LogP contribution in [0.2, 0.25) is 0 Å². The van der Waals surface area contributed by atoms with Crippen LogP contribution in [0.1, 0.15) is 27.5 Å². The number of nitrogens with zero attached hydrogens (tertiary/aromatic N) is 1. The highest BCUT2D eigenvalue weighted by Gasteiger charge is 2.16. The molecule has 0 aliphatic heterocycles. The normalized spacial score (nSPS) is 12.4. The van der Waals surface area contributed by atoms with E-state index in [0.717, 1.165) is 0 Å². The van der Waals surface area contributed by atoms with Crippen molar-refractivity contribution in [3.05, 3.63) is 58.0 Å². The summed E-state index contributed by atoms with van der Waals surface area (Å²) in [4.78, 5) is 14.2. The number of carbonyl (C=O) groups excluding carboxylic acids is 1. The Hall–Kier alpha value is -1.59. The van der Waals surface area contributed by atoms with Crippen LogP contribution in [-0.4, -0.2) is 31.4 Å². The third kappa shape index (κ3) is 4.19. The molecule has 0 saturated heterocycles. The second-order valence-electron chi connectivity index (χ2n) is 5.24. The zero-order valence-electron chi connectivity index (χ0n) is 12.4. The van der Waals surface area contributed by atoms with E-state index >= 15 is 0 Å². The Morgan fingerprint density at radius 2 is 2.00 bits per heavy atom. The van der Waals surface area contributed by atoms with Crippen molar-refractivity contribution in [1.82, 2.24) is 10.2 Å². The summed E-state index contributed by atoms with van der Waals surface area (Å²) < 4.78 is 5.63. The number of furan rings is 1. The van der Waals surface area contributed by atoms with Gasteiger partial charge in [-0.2, -0.15) is 0 Å². The summed E-state index contributed by atoms with van der Waals surface area (Å²) in [7, 11) is 4.01. The van der Waals surface area contributed by atoms with Gasteiger partial charge in [-0.3, -0.25) is 4.79 Å². The molecule has 1 atom stereocenters. The van der Waals surface area contributed by atoms with Gasteiger partial charge in [-0.15, -0.1) is 0 Å². The van der Waals surface area contributed by atoms with Crippen LogP contribution in [0.4, 0.5) is 0 Å². The molecule has 5 heteroatoms. The van der Waals surface area contributed by atoms with E-state index in [1.807, 2.05) is 14.1 Å². The van der Waals surface area contributed by atoms with Crippen molar-refractivity contribution >= 4 is 21.8 Å². The lowest BCUT2D eigenvalue weighted by Gasteiger charge is -2.25. The average molecular weight is 351 g/mol. The third-order valence-electron chi connectivity index (χ3n) is 3.37. The Morgan fingerprint density at radius 1 is 1.33 bits per heavy atom. The van der Waals surface area contributed by atoms with Gasteiger partial charge < -0.3 is 14.6 Å². The zero-order valence-corrected chi connectivity index (χ0v) is 14.0. The molecule has 1 aromatic carbocycles. The smallest absolute Gasteiger partial charge is 0.254 e. The number of rotatable bonds is 5. The maximum Gasteiger partial charge on any atom is 0.254 e. The number of halogens is 1. The van der Waals surface area contributed by atoms with Crippen LogP contribution >= 0.6 is 15.9 Å². The largest absolute Gasteiger partial charge is 0.457 e. The maximum absolute atomic E-state index is 12.1. The van der Waals surface area contributed by atoms with Gasteiger partial charge in [0.2, 0.25) is 0 Å². The molecule has 0 bridgehead atoms. The summed E-state index contributed by atoms with van der Waals surface area (Å²) in [5, 5.41) is 2.95. The number of hydrogen-bond donors (Lipinski definition) is 1. The van der Waals surface area contributed by atoms with Gasteiger partial charge in [-0.05, 0) is 42.5 Å². The maximum atomic E-state index is 12.1. The van der Waals surface area contributed by atoms with Crippen molar-refractivity contribution in [2.75, 3.05) is 20.6 Å². The molecule has 0 saturated carbocycles. The van der Waals surface area contributed by atoms with Crippen LogP contribution in [0, 0.1) is 6.92 Å². The second-order valence-corrected chi connectivity index (χ2v) is 6.02. The SMILES string of the molecule is Cc1ccc(C(CNC(=O)c2coc(Br)c2)N(C)C)cc1. The van der Waals surface area contributed by atoms with E-state index in [4.69, 9.17) is 4.42 Å². The fraction of sp³-hybridized carbons (Fsp3) is 0.312. The third-order valence-corrected chi connectivity index (χ3v) is 3.79. The number of amides is 1. The summed E-state index contributed by atoms with van der Waals surface area (Å²) in [6, 6.07) is 10.2. The van der Waals surface area contributed by atoms with E-state index in [0.29, 0.717) is 16.8 Å². The van der Waals surface area contributed by atoms with E-state index < -0.39 is 0 Å². The number of hydrogen-bond acceptors (Lipinski definition) is 3. The Kier molecular flexibility index (Phi) is 5.20. The van der Waals surface area contributed by atoms with Crippen molar-refractivity contribution < 1.29 is 9.21 Å². The molecule has 1 amide bonds. The summed E-state index contributed by atoms with van der Waals surface area (Å²) in [6.45, 7) is 2.60. The molecular weight excluding hydrogens is 332 g/mol. The van der Waals surface area contributed by atoms with Crippen molar-refractivity contribution in [1.29, 1.82) is 0 Å². The standard InChI is InChI=1S/C16H19BrN2O2/c1-11-4-6-12(7-5-11)14(19(2)3)9-18-16(20)13-8-15(17)21-10-13/h4-8,10,14H,9H2,1-3H3,(H,18,20). The molecule has 0 aliphatic rings. The Balaban J connectivity index is 2.03. The highest BCUT2D eigenvalue weighted by atomic mass is 79.9. The summed E-state index contributed by atoms with van der Waals surface area (Å²) in [5.74, 6) is -0.136. The average Bonchev–Trinajstić information content (AvgIpc) is 2.87. The van der Waals surface area contributed by atoms with Gasteiger partial charge in [-0.1, -0.05) is 29.8 Å². The van der Waals surface area contributed by atoms with Crippen molar-refractivity contribution in [2.24, 2.45) is 0 Å².